The Hall–Kier alpha value is -2.01. The standard InChI is InChI=1S/C13H14N2O2S/c1-10-5-2-3-8-13(10)15-18(16,17)12-7-4-6-11(14)9-12/h2-9,15H,14H2,1H3. The van der Waals surface area contributed by atoms with Gasteiger partial charge in [0.15, 0.2) is 0 Å². The first-order chi connectivity index (χ1) is 8.49. The second kappa shape index (κ2) is 4.70. The van der Waals surface area contributed by atoms with E-state index in [1.54, 1.807) is 24.3 Å². The van der Waals surface area contributed by atoms with Crippen LogP contribution in [0.4, 0.5) is 11.4 Å². The predicted octanol–water partition coefficient (Wildman–Crippen LogP) is 2.38. The summed E-state index contributed by atoms with van der Waals surface area (Å²) in [5.74, 6) is 0. The van der Waals surface area contributed by atoms with Crippen molar-refractivity contribution in [3.63, 3.8) is 0 Å². The number of hydrogen-bond donors (Lipinski definition) is 2. The van der Waals surface area contributed by atoms with Gasteiger partial charge in [0, 0.05) is 5.69 Å². The summed E-state index contributed by atoms with van der Waals surface area (Å²) in [5, 5.41) is 0. The molecular formula is C13H14N2O2S. The largest absolute Gasteiger partial charge is 0.399 e. The number of rotatable bonds is 3. The molecule has 0 aliphatic heterocycles. The van der Waals surface area contributed by atoms with Gasteiger partial charge in [-0.1, -0.05) is 24.3 Å². The van der Waals surface area contributed by atoms with Crippen molar-refractivity contribution < 1.29 is 8.42 Å². The van der Waals surface area contributed by atoms with E-state index in [2.05, 4.69) is 4.72 Å². The Kier molecular flexibility index (Phi) is 3.25. The van der Waals surface area contributed by atoms with Crippen LogP contribution in [0.25, 0.3) is 0 Å². The highest BCUT2D eigenvalue weighted by molar-refractivity contribution is 7.92. The maximum Gasteiger partial charge on any atom is 0.261 e. The maximum absolute atomic E-state index is 12.1. The average molecular weight is 262 g/mol. The predicted molar refractivity (Wildman–Crippen MR) is 72.8 cm³/mol. The van der Waals surface area contributed by atoms with Crippen LogP contribution in [0.3, 0.4) is 0 Å². The van der Waals surface area contributed by atoms with Crippen molar-refractivity contribution in [2.75, 3.05) is 10.5 Å². The van der Waals surface area contributed by atoms with E-state index in [4.69, 9.17) is 5.73 Å². The van der Waals surface area contributed by atoms with Crippen molar-refractivity contribution in [1.29, 1.82) is 0 Å². The molecule has 0 fully saturated rings. The van der Waals surface area contributed by atoms with E-state index in [1.807, 2.05) is 19.1 Å². The maximum atomic E-state index is 12.1. The van der Waals surface area contributed by atoms with Gasteiger partial charge < -0.3 is 5.73 Å². The second-order valence-electron chi connectivity index (χ2n) is 3.99. The van der Waals surface area contributed by atoms with E-state index >= 15 is 0 Å². The third-order valence-electron chi connectivity index (χ3n) is 2.56. The van der Waals surface area contributed by atoms with Crippen molar-refractivity contribution in [2.24, 2.45) is 0 Å². The van der Waals surface area contributed by atoms with Crippen molar-refractivity contribution in [3.05, 3.63) is 54.1 Å². The van der Waals surface area contributed by atoms with E-state index in [9.17, 15) is 8.42 Å². The van der Waals surface area contributed by atoms with Crippen molar-refractivity contribution in [3.8, 4) is 0 Å². The van der Waals surface area contributed by atoms with E-state index in [1.165, 1.54) is 12.1 Å². The van der Waals surface area contributed by atoms with Gasteiger partial charge in [0.1, 0.15) is 0 Å². The van der Waals surface area contributed by atoms with Crippen molar-refractivity contribution in [1.82, 2.24) is 0 Å². The van der Waals surface area contributed by atoms with E-state index < -0.39 is 10.0 Å². The molecule has 18 heavy (non-hydrogen) atoms. The van der Waals surface area contributed by atoms with E-state index in [-0.39, 0.29) is 4.90 Å². The van der Waals surface area contributed by atoms with Gasteiger partial charge in [0.2, 0.25) is 0 Å². The molecule has 94 valence electrons. The number of benzene rings is 2. The fraction of sp³-hybridized carbons (Fsp3) is 0.0769. The minimum atomic E-state index is -3.59. The van der Waals surface area contributed by atoms with Crippen molar-refractivity contribution in [2.45, 2.75) is 11.8 Å². The minimum Gasteiger partial charge on any atom is -0.399 e. The average Bonchev–Trinajstić information content (AvgIpc) is 2.32. The molecule has 3 N–H and O–H groups in total. The number of nitrogens with one attached hydrogen (secondary N) is 1. The van der Waals surface area contributed by atoms with Crippen LogP contribution in [0, 0.1) is 6.92 Å². The fourth-order valence-electron chi connectivity index (χ4n) is 1.57. The van der Waals surface area contributed by atoms with Crippen LogP contribution in [0.1, 0.15) is 5.56 Å². The molecule has 0 aromatic heterocycles. The van der Waals surface area contributed by atoms with Crippen LogP contribution in [0.5, 0.6) is 0 Å². The highest BCUT2D eigenvalue weighted by Gasteiger charge is 2.14. The molecule has 0 spiro atoms. The lowest BCUT2D eigenvalue weighted by Gasteiger charge is -2.10. The molecule has 0 unspecified atom stereocenters. The van der Waals surface area contributed by atoms with Gasteiger partial charge in [-0.25, -0.2) is 8.42 Å². The van der Waals surface area contributed by atoms with Crippen LogP contribution in [0.15, 0.2) is 53.4 Å². The number of anilines is 2. The Balaban J connectivity index is 2.37. The monoisotopic (exact) mass is 262 g/mol. The number of nitrogens with two attached hydrogens (primary N) is 1. The smallest absolute Gasteiger partial charge is 0.261 e. The molecule has 4 nitrogen and oxygen atoms in total. The number of sulfonamides is 1. The van der Waals surface area contributed by atoms with Gasteiger partial charge >= 0.3 is 0 Å². The lowest BCUT2D eigenvalue weighted by atomic mass is 10.2. The Bertz CT molecular complexity index is 666. The van der Waals surface area contributed by atoms with Crippen LogP contribution in [0.2, 0.25) is 0 Å². The molecule has 0 saturated heterocycles. The Labute approximate surface area is 107 Å². The summed E-state index contributed by atoms with van der Waals surface area (Å²) >= 11 is 0. The highest BCUT2D eigenvalue weighted by atomic mass is 32.2. The van der Waals surface area contributed by atoms with Crippen LogP contribution < -0.4 is 10.5 Å². The summed E-state index contributed by atoms with van der Waals surface area (Å²) in [6.07, 6.45) is 0. The summed E-state index contributed by atoms with van der Waals surface area (Å²) in [5.41, 5.74) is 7.44. The lowest BCUT2D eigenvalue weighted by Crippen LogP contribution is -2.13. The third kappa shape index (κ3) is 2.62. The molecule has 0 bridgehead atoms. The number of hydrogen-bond acceptors (Lipinski definition) is 3. The SMILES string of the molecule is Cc1ccccc1NS(=O)(=O)c1cccc(N)c1. The third-order valence-corrected chi connectivity index (χ3v) is 3.92. The molecule has 0 aliphatic carbocycles. The quantitative estimate of drug-likeness (QED) is 0.834. The Morgan fingerprint density at radius 3 is 2.44 bits per heavy atom. The van der Waals surface area contributed by atoms with Gasteiger partial charge in [-0.3, -0.25) is 4.72 Å². The first-order valence-electron chi connectivity index (χ1n) is 5.43. The van der Waals surface area contributed by atoms with Crippen LogP contribution >= 0.6 is 0 Å². The molecule has 0 radical (unpaired) electrons. The first kappa shape index (κ1) is 12.4. The summed E-state index contributed by atoms with van der Waals surface area (Å²) in [6, 6.07) is 13.4. The van der Waals surface area contributed by atoms with Gasteiger partial charge in [0.25, 0.3) is 10.0 Å². The first-order valence-corrected chi connectivity index (χ1v) is 6.91. The minimum absolute atomic E-state index is 0.158. The molecular weight excluding hydrogens is 248 g/mol. The molecule has 5 heteroatoms. The Morgan fingerprint density at radius 1 is 1.06 bits per heavy atom. The van der Waals surface area contributed by atoms with Crippen molar-refractivity contribution >= 4 is 21.4 Å². The zero-order chi connectivity index (χ0) is 13.2. The summed E-state index contributed by atoms with van der Waals surface area (Å²) < 4.78 is 26.8. The van der Waals surface area contributed by atoms with Crippen LogP contribution in [-0.4, -0.2) is 8.42 Å². The zero-order valence-corrected chi connectivity index (χ0v) is 10.7. The topological polar surface area (TPSA) is 72.2 Å². The van der Waals surface area contributed by atoms with E-state index in [0.29, 0.717) is 11.4 Å². The van der Waals surface area contributed by atoms with Gasteiger partial charge in [0.05, 0.1) is 10.6 Å². The normalized spacial score (nSPS) is 11.2. The Morgan fingerprint density at radius 2 is 1.78 bits per heavy atom. The molecule has 2 rings (SSSR count). The molecule has 0 aliphatic rings. The molecule has 0 saturated carbocycles. The molecule has 0 heterocycles. The number of para-hydroxylation sites is 1. The van der Waals surface area contributed by atoms with Gasteiger partial charge in [-0.2, -0.15) is 0 Å². The lowest BCUT2D eigenvalue weighted by molar-refractivity contribution is 0.601. The number of aryl methyl sites for hydroxylation is 1. The zero-order valence-electron chi connectivity index (χ0n) is 9.92. The molecule has 0 amide bonds. The van der Waals surface area contributed by atoms with Gasteiger partial charge in [-0.05, 0) is 36.8 Å². The highest BCUT2D eigenvalue weighted by Crippen LogP contribution is 2.20. The van der Waals surface area contributed by atoms with Crippen LogP contribution in [-0.2, 0) is 10.0 Å². The van der Waals surface area contributed by atoms with Gasteiger partial charge in [-0.15, -0.1) is 0 Å². The second-order valence-corrected chi connectivity index (χ2v) is 5.68. The summed E-state index contributed by atoms with van der Waals surface area (Å²) in [6.45, 7) is 1.84. The molecule has 2 aromatic carbocycles. The molecule has 0 atom stereocenters. The van der Waals surface area contributed by atoms with E-state index in [0.717, 1.165) is 5.56 Å². The number of nitrogen functional groups attached to an aromatic ring is 1. The molecule has 2 aromatic rings. The fourth-order valence-corrected chi connectivity index (χ4v) is 2.76. The summed E-state index contributed by atoms with van der Waals surface area (Å²) in [4.78, 5) is 0.158. The summed E-state index contributed by atoms with van der Waals surface area (Å²) in [7, 11) is -3.59.